The van der Waals surface area contributed by atoms with Crippen molar-refractivity contribution in [2.45, 2.75) is 50.8 Å². The zero-order chi connectivity index (χ0) is 22.1. The summed E-state index contributed by atoms with van der Waals surface area (Å²) in [6.45, 7) is 5.42. The minimum absolute atomic E-state index is 0.272. The van der Waals surface area contributed by atoms with Crippen LogP contribution in [0.15, 0.2) is 24.3 Å². The minimum atomic E-state index is 0.272. The standard InChI is InChI=1S/C25H36N6O/c1-29(2)20-9-13-30(14-10-20)25-22-17-32-15-11-23(22)27-24(28-25)18-5-7-21(8-6-18)31-12-3-4-19(26)16-31/h5-8,19-20H,3-4,9-17,26H2,1-2H3/t19-/m0/s1. The maximum Gasteiger partial charge on any atom is 0.161 e. The van der Waals surface area contributed by atoms with E-state index in [1.54, 1.807) is 0 Å². The molecule has 0 spiro atoms. The normalized spacial score (nSPS) is 22.3. The van der Waals surface area contributed by atoms with Crippen LogP contribution in [0, 0.1) is 0 Å². The van der Waals surface area contributed by atoms with Gasteiger partial charge in [-0.25, -0.2) is 9.97 Å². The molecule has 2 fully saturated rings. The van der Waals surface area contributed by atoms with E-state index in [4.69, 9.17) is 20.4 Å². The molecule has 32 heavy (non-hydrogen) atoms. The average Bonchev–Trinajstić information content (AvgIpc) is 2.83. The second-order valence-electron chi connectivity index (χ2n) is 9.68. The zero-order valence-electron chi connectivity index (χ0n) is 19.5. The van der Waals surface area contributed by atoms with E-state index in [2.05, 4.69) is 53.1 Å². The van der Waals surface area contributed by atoms with Crippen LogP contribution in [-0.2, 0) is 17.8 Å². The number of nitrogens with zero attached hydrogens (tertiary/aromatic N) is 5. The van der Waals surface area contributed by atoms with E-state index in [1.807, 2.05) is 0 Å². The number of fused-ring (bicyclic) bond motifs is 1. The van der Waals surface area contributed by atoms with Crippen LogP contribution in [0.2, 0.25) is 0 Å². The van der Waals surface area contributed by atoms with Gasteiger partial charge in [-0.15, -0.1) is 0 Å². The third-order valence-corrected chi connectivity index (χ3v) is 7.24. The Morgan fingerprint density at radius 3 is 2.50 bits per heavy atom. The molecule has 3 aliphatic heterocycles. The molecule has 1 aromatic heterocycles. The lowest BCUT2D eigenvalue weighted by Crippen LogP contribution is -2.43. The van der Waals surface area contributed by atoms with Crippen molar-refractivity contribution in [3.05, 3.63) is 35.5 Å². The molecule has 172 valence electrons. The first-order valence-corrected chi connectivity index (χ1v) is 12.1. The van der Waals surface area contributed by atoms with Crippen LogP contribution in [0.1, 0.15) is 36.9 Å². The van der Waals surface area contributed by atoms with Gasteiger partial charge in [0.05, 0.1) is 18.9 Å². The van der Waals surface area contributed by atoms with Gasteiger partial charge < -0.3 is 25.2 Å². The summed E-state index contributed by atoms with van der Waals surface area (Å²) < 4.78 is 5.79. The van der Waals surface area contributed by atoms with Crippen molar-refractivity contribution in [1.82, 2.24) is 14.9 Å². The van der Waals surface area contributed by atoms with E-state index >= 15 is 0 Å². The fourth-order valence-electron chi connectivity index (χ4n) is 5.27. The highest BCUT2D eigenvalue weighted by Crippen LogP contribution is 2.31. The minimum Gasteiger partial charge on any atom is -0.376 e. The topological polar surface area (TPSA) is 70.8 Å². The molecule has 0 radical (unpaired) electrons. The molecule has 2 N–H and O–H groups in total. The molecule has 4 heterocycles. The lowest BCUT2D eigenvalue weighted by Gasteiger charge is -2.37. The number of anilines is 2. The van der Waals surface area contributed by atoms with E-state index in [0.717, 1.165) is 87.8 Å². The summed E-state index contributed by atoms with van der Waals surface area (Å²) in [5, 5.41) is 0. The molecule has 5 rings (SSSR count). The number of rotatable bonds is 4. The van der Waals surface area contributed by atoms with Gasteiger partial charge in [0.15, 0.2) is 5.82 Å². The van der Waals surface area contributed by atoms with Crippen molar-refractivity contribution in [3.63, 3.8) is 0 Å². The van der Waals surface area contributed by atoms with Crippen molar-refractivity contribution in [2.75, 3.05) is 56.7 Å². The van der Waals surface area contributed by atoms with E-state index in [-0.39, 0.29) is 6.04 Å². The van der Waals surface area contributed by atoms with Crippen LogP contribution in [0.4, 0.5) is 11.5 Å². The summed E-state index contributed by atoms with van der Waals surface area (Å²) in [6.07, 6.45) is 5.46. The molecular weight excluding hydrogens is 400 g/mol. The highest BCUT2D eigenvalue weighted by molar-refractivity contribution is 5.64. The van der Waals surface area contributed by atoms with E-state index in [0.29, 0.717) is 12.6 Å². The SMILES string of the molecule is CN(C)C1CCN(c2nc(-c3ccc(N4CCC[C@H](N)C4)cc3)nc3c2COCC3)CC1. The Morgan fingerprint density at radius 2 is 1.78 bits per heavy atom. The van der Waals surface area contributed by atoms with Gasteiger partial charge >= 0.3 is 0 Å². The number of aromatic nitrogens is 2. The third-order valence-electron chi connectivity index (χ3n) is 7.24. The van der Waals surface area contributed by atoms with Crippen molar-refractivity contribution in [2.24, 2.45) is 5.73 Å². The Bertz CT molecular complexity index is 923. The summed E-state index contributed by atoms with van der Waals surface area (Å²) in [7, 11) is 4.36. The molecule has 0 unspecified atom stereocenters. The first-order chi connectivity index (χ1) is 15.6. The van der Waals surface area contributed by atoms with Gasteiger partial charge in [0.2, 0.25) is 0 Å². The highest BCUT2D eigenvalue weighted by atomic mass is 16.5. The smallest absolute Gasteiger partial charge is 0.161 e. The van der Waals surface area contributed by atoms with Crippen molar-refractivity contribution < 1.29 is 4.74 Å². The quantitative estimate of drug-likeness (QED) is 0.790. The van der Waals surface area contributed by atoms with E-state index in [1.165, 1.54) is 11.3 Å². The van der Waals surface area contributed by atoms with Gasteiger partial charge in [-0.2, -0.15) is 0 Å². The number of benzene rings is 1. The first kappa shape index (κ1) is 21.6. The van der Waals surface area contributed by atoms with Gasteiger partial charge in [0.1, 0.15) is 5.82 Å². The zero-order valence-corrected chi connectivity index (χ0v) is 19.5. The second kappa shape index (κ2) is 9.33. The number of hydrogen-bond acceptors (Lipinski definition) is 7. The van der Waals surface area contributed by atoms with Crippen LogP contribution < -0.4 is 15.5 Å². The third kappa shape index (κ3) is 4.47. The molecule has 1 aromatic carbocycles. The van der Waals surface area contributed by atoms with Gasteiger partial charge in [-0.3, -0.25) is 0 Å². The van der Waals surface area contributed by atoms with Crippen LogP contribution in [-0.4, -0.2) is 73.8 Å². The number of ether oxygens (including phenoxy) is 1. The molecule has 0 bridgehead atoms. The largest absolute Gasteiger partial charge is 0.376 e. The van der Waals surface area contributed by atoms with Crippen LogP contribution in [0.3, 0.4) is 0 Å². The monoisotopic (exact) mass is 436 g/mol. The molecule has 7 heteroatoms. The Hall–Kier alpha value is -2.22. The van der Waals surface area contributed by atoms with Crippen LogP contribution >= 0.6 is 0 Å². The summed E-state index contributed by atoms with van der Waals surface area (Å²) in [5.74, 6) is 1.91. The summed E-state index contributed by atoms with van der Waals surface area (Å²) >= 11 is 0. The number of piperidine rings is 2. The molecule has 3 aliphatic rings. The Morgan fingerprint density at radius 1 is 1.00 bits per heavy atom. The maximum absolute atomic E-state index is 6.18. The predicted octanol–water partition coefficient (Wildman–Crippen LogP) is 2.67. The van der Waals surface area contributed by atoms with Gasteiger partial charge in [0, 0.05) is 61.5 Å². The van der Waals surface area contributed by atoms with Gasteiger partial charge in [-0.1, -0.05) is 0 Å². The molecular formula is C25H36N6O. The van der Waals surface area contributed by atoms with E-state index in [9.17, 15) is 0 Å². The Kier molecular flexibility index (Phi) is 6.31. The molecule has 7 nitrogen and oxygen atoms in total. The molecule has 2 saturated heterocycles. The van der Waals surface area contributed by atoms with Crippen LogP contribution in [0.5, 0.6) is 0 Å². The molecule has 0 amide bonds. The van der Waals surface area contributed by atoms with Crippen LogP contribution in [0.25, 0.3) is 11.4 Å². The van der Waals surface area contributed by atoms with Crippen molar-refractivity contribution in [3.8, 4) is 11.4 Å². The summed E-state index contributed by atoms with van der Waals surface area (Å²) in [4.78, 5) is 17.3. The van der Waals surface area contributed by atoms with E-state index < -0.39 is 0 Å². The lowest BCUT2D eigenvalue weighted by molar-refractivity contribution is 0.109. The molecule has 0 saturated carbocycles. The summed E-state index contributed by atoms with van der Waals surface area (Å²) in [5.41, 5.74) is 10.8. The first-order valence-electron chi connectivity index (χ1n) is 12.1. The molecule has 1 atom stereocenters. The van der Waals surface area contributed by atoms with Gasteiger partial charge in [0.25, 0.3) is 0 Å². The highest BCUT2D eigenvalue weighted by Gasteiger charge is 2.27. The molecule has 0 aliphatic carbocycles. The lowest BCUT2D eigenvalue weighted by atomic mass is 10.0. The molecule has 2 aromatic rings. The maximum atomic E-state index is 6.18. The Balaban J connectivity index is 1.41. The average molecular weight is 437 g/mol. The van der Waals surface area contributed by atoms with Crippen molar-refractivity contribution in [1.29, 1.82) is 0 Å². The second-order valence-corrected chi connectivity index (χ2v) is 9.68. The Labute approximate surface area is 191 Å². The number of nitrogens with two attached hydrogens (primary N) is 1. The van der Waals surface area contributed by atoms with Crippen molar-refractivity contribution >= 4 is 11.5 Å². The fourth-order valence-corrected chi connectivity index (χ4v) is 5.27. The fraction of sp³-hybridized carbons (Fsp3) is 0.600. The summed E-state index contributed by atoms with van der Waals surface area (Å²) in [6, 6.07) is 9.64. The predicted molar refractivity (Wildman–Crippen MR) is 129 cm³/mol. The van der Waals surface area contributed by atoms with Gasteiger partial charge in [-0.05, 0) is 64.0 Å². The number of hydrogen-bond donors (Lipinski definition) is 1.